The van der Waals surface area contributed by atoms with Gasteiger partial charge in [-0.25, -0.2) is 4.98 Å². The molecule has 0 radical (unpaired) electrons. The lowest BCUT2D eigenvalue weighted by Crippen LogP contribution is -2.52. The van der Waals surface area contributed by atoms with E-state index in [4.69, 9.17) is 0 Å². The van der Waals surface area contributed by atoms with Gasteiger partial charge in [0.1, 0.15) is 5.82 Å². The molecule has 0 unspecified atom stereocenters. The van der Waals surface area contributed by atoms with Crippen LogP contribution >= 0.6 is 0 Å². The third-order valence-corrected chi connectivity index (χ3v) is 4.28. The molecule has 1 aliphatic heterocycles. The molecule has 0 spiro atoms. The summed E-state index contributed by atoms with van der Waals surface area (Å²) in [6.45, 7) is 14.9. The summed E-state index contributed by atoms with van der Waals surface area (Å²) < 4.78 is 2.31. The zero-order valence-electron chi connectivity index (χ0n) is 12.8. The minimum atomic E-state index is 0.591. The van der Waals surface area contributed by atoms with Crippen molar-refractivity contribution in [1.82, 2.24) is 19.4 Å². The molecule has 1 aromatic rings. The van der Waals surface area contributed by atoms with Gasteiger partial charge < -0.3 is 4.57 Å². The Balaban J connectivity index is 1.86. The first-order valence-corrected chi connectivity index (χ1v) is 7.60. The maximum Gasteiger partial charge on any atom is 0.108 e. The number of aromatic nitrogens is 2. The summed E-state index contributed by atoms with van der Waals surface area (Å²) in [6, 6.07) is 1.27. The molecule has 4 nitrogen and oxygen atoms in total. The Hall–Kier alpha value is -0.870. The quantitative estimate of drug-likeness (QED) is 0.811. The molecule has 0 aliphatic carbocycles. The summed E-state index contributed by atoms with van der Waals surface area (Å²) in [5, 5.41) is 0. The number of imidazole rings is 1. The third kappa shape index (κ3) is 3.57. The molecule has 4 heteroatoms. The van der Waals surface area contributed by atoms with Gasteiger partial charge in [-0.3, -0.25) is 9.80 Å². The Kier molecular flexibility index (Phi) is 4.99. The van der Waals surface area contributed by atoms with Crippen LogP contribution in [0.4, 0.5) is 0 Å². The molecule has 108 valence electrons. The zero-order valence-corrected chi connectivity index (χ0v) is 12.8. The van der Waals surface area contributed by atoms with E-state index in [0.29, 0.717) is 12.1 Å². The fraction of sp³-hybridized carbons (Fsp3) is 0.800. The van der Waals surface area contributed by atoms with Crippen LogP contribution in [0.2, 0.25) is 0 Å². The lowest BCUT2D eigenvalue weighted by atomic mass is 10.2. The van der Waals surface area contributed by atoms with Gasteiger partial charge in [0, 0.05) is 63.6 Å². The first-order chi connectivity index (χ1) is 9.11. The van der Waals surface area contributed by atoms with Crippen molar-refractivity contribution in [2.75, 3.05) is 26.2 Å². The highest BCUT2D eigenvalue weighted by Crippen LogP contribution is 2.11. The average molecular weight is 264 g/mol. The van der Waals surface area contributed by atoms with Crippen LogP contribution in [-0.4, -0.2) is 57.6 Å². The monoisotopic (exact) mass is 264 g/mol. The van der Waals surface area contributed by atoms with Crippen LogP contribution in [0.25, 0.3) is 0 Å². The molecule has 19 heavy (non-hydrogen) atoms. The van der Waals surface area contributed by atoms with Crippen LogP contribution in [0.1, 0.15) is 33.5 Å². The molecule has 1 saturated heterocycles. The highest BCUT2D eigenvalue weighted by molar-refractivity contribution is 4.93. The van der Waals surface area contributed by atoms with Crippen molar-refractivity contribution in [3.63, 3.8) is 0 Å². The minimum Gasteiger partial charge on any atom is -0.333 e. The van der Waals surface area contributed by atoms with Gasteiger partial charge in [-0.1, -0.05) is 6.92 Å². The Morgan fingerprint density at radius 3 is 2.32 bits per heavy atom. The molecular formula is C15H28N4. The van der Waals surface area contributed by atoms with Crippen molar-refractivity contribution in [1.29, 1.82) is 0 Å². The second-order valence-corrected chi connectivity index (χ2v) is 5.86. The number of hydrogen-bond donors (Lipinski definition) is 0. The van der Waals surface area contributed by atoms with Crippen molar-refractivity contribution in [2.24, 2.45) is 0 Å². The minimum absolute atomic E-state index is 0.591. The Morgan fingerprint density at radius 1 is 1.11 bits per heavy atom. The molecule has 0 N–H and O–H groups in total. The highest BCUT2D eigenvalue weighted by atomic mass is 15.3. The fourth-order valence-corrected chi connectivity index (χ4v) is 2.92. The summed E-state index contributed by atoms with van der Waals surface area (Å²) >= 11 is 0. The van der Waals surface area contributed by atoms with E-state index >= 15 is 0 Å². The number of rotatable bonds is 5. The van der Waals surface area contributed by atoms with E-state index in [-0.39, 0.29) is 0 Å². The summed E-state index contributed by atoms with van der Waals surface area (Å²) in [4.78, 5) is 9.58. The number of piperazine rings is 1. The highest BCUT2D eigenvalue weighted by Gasteiger charge is 2.22. The van der Waals surface area contributed by atoms with E-state index in [1.54, 1.807) is 0 Å². The molecule has 1 aromatic heterocycles. The molecule has 2 heterocycles. The molecule has 2 rings (SSSR count). The van der Waals surface area contributed by atoms with Crippen LogP contribution in [0.3, 0.4) is 0 Å². The number of aryl methyl sites for hydroxylation is 1. The molecule has 0 bridgehead atoms. The maximum absolute atomic E-state index is 4.40. The smallest absolute Gasteiger partial charge is 0.108 e. The second-order valence-electron chi connectivity index (χ2n) is 5.86. The third-order valence-electron chi connectivity index (χ3n) is 4.28. The van der Waals surface area contributed by atoms with Crippen LogP contribution in [0.15, 0.2) is 12.4 Å². The van der Waals surface area contributed by atoms with Crippen molar-refractivity contribution < 1.29 is 0 Å². The topological polar surface area (TPSA) is 24.3 Å². The Bertz CT molecular complexity index is 377. The maximum atomic E-state index is 4.40. The Morgan fingerprint density at radius 2 is 1.74 bits per heavy atom. The van der Waals surface area contributed by atoms with E-state index in [0.717, 1.165) is 13.0 Å². The van der Waals surface area contributed by atoms with Gasteiger partial charge in [0.25, 0.3) is 0 Å². The normalized spacial score (nSPS) is 20.1. The fourth-order valence-electron chi connectivity index (χ4n) is 2.92. The van der Waals surface area contributed by atoms with E-state index in [1.165, 1.54) is 32.0 Å². The van der Waals surface area contributed by atoms with Crippen molar-refractivity contribution in [3.05, 3.63) is 18.2 Å². The van der Waals surface area contributed by atoms with Crippen molar-refractivity contribution >= 4 is 0 Å². The van der Waals surface area contributed by atoms with Gasteiger partial charge in [0.15, 0.2) is 0 Å². The van der Waals surface area contributed by atoms with Gasteiger partial charge in [-0.15, -0.1) is 0 Å². The molecular weight excluding hydrogens is 236 g/mol. The largest absolute Gasteiger partial charge is 0.333 e. The van der Waals surface area contributed by atoms with Gasteiger partial charge >= 0.3 is 0 Å². The molecule has 1 atom stereocenters. The van der Waals surface area contributed by atoms with Gasteiger partial charge in [0.2, 0.25) is 0 Å². The zero-order chi connectivity index (χ0) is 13.8. The van der Waals surface area contributed by atoms with E-state index in [1.807, 2.05) is 6.20 Å². The molecule has 0 aromatic carbocycles. The van der Waals surface area contributed by atoms with E-state index in [9.17, 15) is 0 Å². The molecule has 0 amide bonds. The standard InChI is InChI=1S/C15H28N4/c1-5-15-16-6-7-19(15)12-14(4)18-10-8-17(9-11-18)13(2)3/h6-7,13-14H,5,8-12H2,1-4H3/t14-/m0/s1. The lowest BCUT2D eigenvalue weighted by molar-refractivity contribution is 0.0776. The van der Waals surface area contributed by atoms with Crippen molar-refractivity contribution in [2.45, 2.75) is 52.7 Å². The number of hydrogen-bond acceptors (Lipinski definition) is 3. The van der Waals surface area contributed by atoms with E-state index < -0.39 is 0 Å². The predicted molar refractivity (Wildman–Crippen MR) is 79.3 cm³/mol. The summed E-state index contributed by atoms with van der Waals surface area (Å²) in [5.41, 5.74) is 0. The lowest BCUT2D eigenvalue weighted by Gasteiger charge is -2.40. The summed E-state index contributed by atoms with van der Waals surface area (Å²) in [7, 11) is 0. The summed E-state index contributed by atoms with van der Waals surface area (Å²) in [6.07, 6.45) is 5.04. The first kappa shape index (κ1) is 14.5. The predicted octanol–water partition coefficient (Wildman–Crippen LogP) is 1.86. The van der Waals surface area contributed by atoms with Crippen molar-refractivity contribution in [3.8, 4) is 0 Å². The molecule has 1 fully saturated rings. The van der Waals surface area contributed by atoms with Crippen LogP contribution < -0.4 is 0 Å². The Labute approximate surface area is 117 Å². The first-order valence-electron chi connectivity index (χ1n) is 7.60. The second kappa shape index (κ2) is 6.53. The SMILES string of the molecule is CCc1nccn1C[C@H](C)N1CCN(C(C)C)CC1. The number of nitrogens with zero attached hydrogens (tertiary/aromatic N) is 4. The average Bonchev–Trinajstić information content (AvgIpc) is 2.86. The summed E-state index contributed by atoms with van der Waals surface area (Å²) in [5.74, 6) is 1.20. The molecule has 1 aliphatic rings. The van der Waals surface area contributed by atoms with Gasteiger partial charge in [-0.2, -0.15) is 0 Å². The van der Waals surface area contributed by atoms with Gasteiger partial charge in [-0.05, 0) is 20.8 Å². The van der Waals surface area contributed by atoms with Crippen LogP contribution in [-0.2, 0) is 13.0 Å². The van der Waals surface area contributed by atoms with Crippen LogP contribution in [0.5, 0.6) is 0 Å². The molecule has 0 saturated carbocycles. The van der Waals surface area contributed by atoms with E-state index in [2.05, 4.69) is 53.2 Å². The van der Waals surface area contributed by atoms with Crippen LogP contribution in [0, 0.1) is 0 Å². The van der Waals surface area contributed by atoms with Gasteiger partial charge in [0.05, 0.1) is 0 Å².